The van der Waals surface area contributed by atoms with Gasteiger partial charge in [0, 0.05) is 12.5 Å². The minimum atomic E-state index is 0.131. The lowest BCUT2D eigenvalue weighted by Gasteiger charge is -2.07. The summed E-state index contributed by atoms with van der Waals surface area (Å²) < 4.78 is 5.25. The number of furan rings is 1. The van der Waals surface area contributed by atoms with Crippen LogP contribution in [0.1, 0.15) is 23.8 Å². The molecule has 2 heterocycles. The fourth-order valence-corrected chi connectivity index (χ4v) is 2.13. The van der Waals surface area contributed by atoms with Crippen LogP contribution in [-0.2, 0) is 6.42 Å². The van der Waals surface area contributed by atoms with Gasteiger partial charge < -0.3 is 10.2 Å². The first-order chi connectivity index (χ1) is 6.86. The molecule has 0 saturated carbocycles. The van der Waals surface area contributed by atoms with Gasteiger partial charge in [-0.15, -0.1) is 0 Å². The zero-order valence-corrected chi connectivity index (χ0v) is 8.67. The van der Waals surface area contributed by atoms with Gasteiger partial charge in [-0.2, -0.15) is 11.3 Å². The fourth-order valence-electron chi connectivity index (χ4n) is 1.41. The molecule has 74 valence electrons. The standard InChI is InChI=1S/C11H13NOS/c12-11(9-5-7-14-8-9)4-3-10-2-1-6-13-10/h1-2,5-8,11H,3-4,12H2. The van der Waals surface area contributed by atoms with Crippen LogP contribution in [0.2, 0.25) is 0 Å². The Morgan fingerprint density at radius 3 is 3.00 bits per heavy atom. The van der Waals surface area contributed by atoms with Crippen molar-refractivity contribution < 1.29 is 4.42 Å². The normalized spacial score (nSPS) is 12.9. The molecule has 1 atom stereocenters. The van der Waals surface area contributed by atoms with Crippen LogP contribution >= 0.6 is 11.3 Å². The van der Waals surface area contributed by atoms with Gasteiger partial charge in [-0.05, 0) is 40.9 Å². The zero-order valence-electron chi connectivity index (χ0n) is 7.85. The van der Waals surface area contributed by atoms with Gasteiger partial charge in [-0.1, -0.05) is 0 Å². The van der Waals surface area contributed by atoms with Crippen molar-refractivity contribution in [2.75, 3.05) is 0 Å². The Morgan fingerprint density at radius 2 is 2.36 bits per heavy atom. The Balaban J connectivity index is 1.87. The van der Waals surface area contributed by atoms with Crippen molar-refractivity contribution >= 4 is 11.3 Å². The maximum Gasteiger partial charge on any atom is 0.103 e. The highest BCUT2D eigenvalue weighted by atomic mass is 32.1. The molecule has 2 rings (SSSR count). The molecular weight excluding hydrogens is 194 g/mol. The highest BCUT2D eigenvalue weighted by molar-refractivity contribution is 7.07. The zero-order chi connectivity index (χ0) is 9.80. The molecule has 3 heteroatoms. The SMILES string of the molecule is NC(CCc1ccco1)c1ccsc1. The van der Waals surface area contributed by atoms with Crippen molar-refractivity contribution in [2.45, 2.75) is 18.9 Å². The second-order valence-corrected chi connectivity index (χ2v) is 4.06. The average Bonchev–Trinajstić information content (AvgIpc) is 2.87. The molecule has 0 amide bonds. The molecule has 0 saturated heterocycles. The molecule has 2 nitrogen and oxygen atoms in total. The number of hydrogen-bond acceptors (Lipinski definition) is 3. The first-order valence-electron chi connectivity index (χ1n) is 4.66. The summed E-state index contributed by atoms with van der Waals surface area (Å²) in [6, 6.07) is 6.11. The molecule has 14 heavy (non-hydrogen) atoms. The maximum atomic E-state index is 6.02. The van der Waals surface area contributed by atoms with Crippen LogP contribution in [-0.4, -0.2) is 0 Å². The molecule has 1 unspecified atom stereocenters. The molecule has 2 aromatic rings. The smallest absolute Gasteiger partial charge is 0.103 e. The first kappa shape index (κ1) is 9.49. The number of hydrogen-bond donors (Lipinski definition) is 1. The Labute approximate surface area is 87.4 Å². The van der Waals surface area contributed by atoms with Crippen LogP contribution in [0.25, 0.3) is 0 Å². The lowest BCUT2D eigenvalue weighted by Crippen LogP contribution is -2.09. The molecule has 0 spiro atoms. The molecule has 0 aliphatic heterocycles. The third-order valence-corrected chi connectivity index (χ3v) is 2.95. The fraction of sp³-hybridized carbons (Fsp3) is 0.273. The van der Waals surface area contributed by atoms with E-state index in [-0.39, 0.29) is 6.04 Å². The lowest BCUT2D eigenvalue weighted by molar-refractivity contribution is 0.488. The van der Waals surface area contributed by atoms with Gasteiger partial charge in [0.15, 0.2) is 0 Å². The van der Waals surface area contributed by atoms with Crippen molar-refractivity contribution in [1.82, 2.24) is 0 Å². The van der Waals surface area contributed by atoms with E-state index < -0.39 is 0 Å². The van der Waals surface area contributed by atoms with E-state index in [1.807, 2.05) is 12.1 Å². The van der Waals surface area contributed by atoms with Crippen LogP contribution in [0.4, 0.5) is 0 Å². The average molecular weight is 207 g/mol. The summed E-state index contributed by atoms with van der Waals surface area (Å²) in [7, 11) is 0. The van der Waals surface area contributed by atoms with E-state index in [1.165, 1.54) is 5.56 Å². The first-order valence-corrected chi connectivity index (χ1v) is 5.60. The predicted molar refractivity (Wildman–Crippen MR) is 58.3 cm³/mol. The highest BCUT2D eigenvalue weighted by Crippen LogP contribution is 2.19. The molecule has 2 aromatic heterocycles. The van der Waals surface area contributed by atoms with Crippen molar-refractivity contribution in [2.24, 2.45) is 5.73 Å². The van der Waals surface area contributed by atoms with Crippen LogP contribution in [0.3, 0.4) is 0 Å². The van der Waals surface area contributed by atoms with Gasteiger partial charge >= 0.3 is 0 Å². The van der Waals surface area contributed by atoms with Crippen molar-refractivity contribution in [3.8, 4) is 0 Å². The van der Waals surface area contributed by atoms with Crippen LogP contribution < -0.4 is 5.73 Å². The summed E-state index contributed by atoms with van der Waals surface area (Å²) >= 11 is 1.69. The van der Waals surface area contributed by atoms with Crippen LogP contribution in [0, 0.1) is 0 Å². The monoisotopic (exact) mass is 207 g/mol. The van der Waals surface area contributed by atoms with E-state index in [4.69, 9.17) is 10.2 Å². The maximum absolute atomic E-state index is 6.02. The summed E-state index contributed by atoms with van der Waals surface area (Å²) in [6.07, 6.45) is 3.54. The number of nitrogens with two attached hydrogens (primary N) is 1. The van der Waals surface area contributed by atoms with Gasteiger partial charge in [-0.3, -0.25) is 0 Å². The highest BCUT2D eigenvalue weighted by Gasteiger charge is 2.07. The van der Waals surface area contributed by atoms with Gasteiger partial charge in [0.2, 0.25) is 0 Å². The van der Waals surface area contributed by atoms with Gasteiger partial charge in [-0.25, -0.2) is 0 Å². The summed E-state index contributed by atoms with van der Waals surface area (Å²) in [5.41, 5.74) is 7.24. The molecular formula is C11H13NOS. The number of rotatable bonds is 4. The molecule has 0 fully saturated rings. The number of aryl methyl sites for hydroxylation is 1. The molecule has 0 aromatic carbocycles. The largest absolute Gasteiger partial charge is 0.469 e. The minimum absolute atomic E-state index is 0.131. The minimum Gasteiger partial charge on any atom is -0.469 e. The Hall–Kier alpha value is -1.06. The van der Waals surface area contributed by atoms with Gasteiger partial charge in [0.05, 0.1) is 6.26 Å². The molecule has 0 bridgehead atoms. The van der Waals surface area contributed by atoms with Crippen LogP contribution in [0.15, 0.2) is 39.6 Å². The summed E-state index contributed by atoms with van der Waals surface area (Å²) in [4.78, 5) is 0. The van der Waals surface area contributed by atoms with E-state index in [1.54, 1.807) is 17.6 Å². The van der Waals surface area contributed by atoms with E-state index in [0.29, 0.717) is 0 Å². The predicted octanol–water partition coefficient (Wildman–Crippen LogP) is 2.97. The van der Waals surface area contributed by atoms with E-state index in [9.17, 15) is 0 Å². The topological polar surface area (TPSA) is 39.2 Å². The summed E-state index contributed by atoms with van der Waals surface area (Å²) in [5, 5.41) is 4.16. The van der Waals surface area contributed by atoms with Gasteiger partial charge in [0.25, 0.3) is 0 Å². The second-order valence-electron chi connectivity index (χ2n) is 3.28. The third kappa shape index (κ3) is 2.25. The number of thiophene rings is 1. The lowest BCUT2D eigenvalue weighted by atomic mass is 10.1. The molecule has 0 aliphatic rings. The molecule has 2 N–H and O–H groups in total. The summed E-state index contributed by atoms with van der Waals surface area (Å²) in [6.45, 7) is 0. The van der Waals surface area contributed by atoms with Gasteiger partial charge in [0.1, 0.15) is 5.76 Å². The van der Waals surface area contributed by atoms with Crippen LogP contribution in [0.5, 0.6) is 0 Å². The third-order valence-electron chi connectivity index (χ3n) is 2.25. The van der Waals surface area contributed by atoms with Crippen molar-refractivity contribution in [1.29, 1.82) is 0 Å². The van der Waals surface area contributed by atoms with E-state index >= 15 is 0 Å². The van der Waals surface area contributed by atoms with Crippen molar-refractivity contribution in [3.05, 3.63) is 46.5 Å². The van der Waals surface area contributed by atoms with Crippen molar-refractivity contribution in [3.63, 3.8) is 0 Å². The second kappa shape index (κ2) is 4.44. The molecule has 0 aliphatic carbocycles. The Bertz CT molecular complexity index is 353. The van der Waals surface area contributed by atoms with E-state index in [2.05, 4.69) is 16.8 Å². The summed E-state index contributed by atoms with van der Waals surface area (Å²) in [5.74, 6) is 1.01. The Kier molecular flexibility index (Phi) is 3.01. The Morgan fingerprint density at radius 1 is 1.43 bits per heavy atom. The van der Waals surface area contributed by atoms with E-state index in [0.717, 1.165) is 18.6 Å². The molecule has 0 radical (unpaired) electrons. The quantitative estimate of drug-likeness (QED) is 0.837.